The predicted molar refractivity (Wildman–Crippen MR) is 60.7 cm³/mol. The highest BCUT2D eigenvalue weighted by Gasteiger charge is 2.13. The Morgan fingerprint density at radius 1 is 0.895 bits per heavy atom. The molecule has 0 aliphatic rings. The van der Waals surface area contributed by atoms with E-state index in [1.807, 2.05) is 0 Å². The first-order valence-corrected chi connectivity index (χ1v) is 5.12. The third kappa shape index (κ3) is 2.65. The Hall–Kier alpha value is -2.55. The molecule has 2 rings (SSSR count). The third-order valence-corrected chi connectivity index (χ3v) is 2.36. The van der Waals surface area contributed by atoms with E-state index in [9.17, 15) is 17.6 Å². The van der Waals surface area contributed by atoms with Crippen LogP contribution < -0.4 is 5.32 Å². The minimum Gasteiger partial charge on any atom is -0.348 e. The first kappa shape index (κ1) is 12.9. The maximum absolute atomic E-state index is 13.5. The molecule has 1 N–H and O–H groups in total. The highest BCUT2D eigenvalue weighted by molar-refractivity contribution is 5.62. The van der Waals surface area contributed by atoms with Crippen LogP contribution in [0.5, 0.6) is 0 Å². The van der Waals surface area contributed by atoms with E-state index >= 15 is 0 Å². The summed E-state index contributed by atoms with van der Waals surface area (Å²) in [6.45, 7) is 0. The van der Waals surface area contributed by atoms with Crippen LogP contribution in [0.4, 0.5) is 28.9 Å². The maximum atomic E-state index is 13.5. The zero-order valence-corrected chi connectivity index (χ0v) is 9.35. The molecule has 2 nitrogen and oxygen atoms in total. The van der Waals surface area contributed by atoms with Gasteiger partial charge in [0.2, 0.25) is 0 Å². The summed E-state index contributed by atoms with van der Waals surface area (Å²) in [5.41, 5.74) is -1.08. The SMILES string of the molecule is N#Cc1cc(F)c(Nc2ccc(F)cc2F)c(F)c1. The van der Waals surface area contributed by atoms with Crippen LogP contribution in [0.25, 0.3) is 0 Å². The van der Waals surface area contributed by atoms with Crippen LogP contribution in [-0.4, -0.2) is 0 Å². The molecule has 0 atom stereocenters. The lowest BCUT2D eigenvalue weighted by molar-refractivity contribution is 0.581. The second kappa shape index (κ2) is 4.98. The first-order chi connectivity index (χ1) is 9.01. The second-order valence-electron chi connectivity index (χ2n) is 3.68. The van der Waals surface area contributed by atoms with Crippen LogP contribution in [0.2, 0.25) is 0 Å². The summed E-state index contributed by atoms with van der Waals surface area (Å²) < 4.78 is 53.1. The lowest BCUT2D eigenvalue weighted by Gasteiger charge is -2.10. The Morgan fingerprint density at radius 3 is 2.05 bits per heavy atom. The van der Waals surface area contributed by atoms with Crippen molar-refractivity contribution >= 4 is 11.4 Å². The number of nitrogens with one attached hydrogen (secondary N) is 1. The van der Waals surface area contributed by atoms with E-state index < -0.39 is 29.0 Å². The average molecular weight is 266 g/mol. The number of hydrogen-bond donors (Lipinski definition) is 1. The summed E-state index contributed by atoms with van der Waals surface area (Å²) in [5, 5.41) is 10.7. The normalized spacial score (nSPS) is 10.1. The van der Waals surface area contributed by atoms with E-state index in [2.05, 4.69) is 5.32 Å². The molecule has 0 fully saturated rings. The molecule has 0 heterocycles. The van der Waals surface area contributed by atoms with Gasteiger partial charge in [-0.25, -0.2) is 17.6 Å². The topological polar surface area (TPSA) is 35.8 Å². The molecular formula is C13H6F4N2. The number of hydrogen-bond acceptors (Lipinski definition) is 2. The molecule has 2 aromatic rings. The Morgan fingerprint density at radius 2 is 1.53 bits per heavy atom. The number of rotatable bonds is 2. The third-order valence-electron chi connectivity index (χ3n) is 2.36. The van der Waals surface area contributed by atoms with Gasteiger partial charge in [-0.05, 0) is 24.3 Å². The van der Waals surface area contributed by atoms with Crippen LogP contribution in [0.1, 0.15) is 5.56 Å². The lowest BCUT2D eigenvalue weighted by atomic mass is 10.2. The molecule has 0 radical (unpaired) electrons. The molecule has 19 heavy (non-hydrogen) atoms. The standard InChI is InChI=1S/C13H6F4N2/c14-8-1-2-12(9(15)5-8)19-13-10(16)3-7(6-18)4-11(13)17/h1-5,19H. The van der Waals surface area contributed by atoms with Crippen molar-refractivity contribution in [2.75, 3.05) is 5.32 Å². The Kier molecular flexibility index (Phi) is 3.38. The molecule has 6 heteroatoms. The van der Waals surface area contributed by atoms with Crippen LogP contribution >= 0.6 is 0 Å². The molecule has 0 unspecified atom stereocenters. The van der Waals surface area contributed by atoms with Gasteiger partial charge in [-0.15, -0.1) is 0 Å². The van der Waals surface area contributed by atoms with Gasteiger partial charge in [-0.2, -0.15) is 5.26 Å². The highest BCUT2D eigenvalue weighted by Crippen LogP contribution is 2.26. The van der Waals surface area contributed by atoms with Gasteiger partial charge in [-0.1, -0.05) is 0 Å². The van der Waals surface area contributed by atoms with Crippen molar-refractivity contribution in [3.05, 3.63) is 59.2 Å². The molecule has 2 aromatic carbocycles. The molecule has 0 amide bonds. The lowest BCUT2D eigenvalue weighted by Crippen LogP contribution is -2.00. The van der Waals surface area contributed by atoms with Crippen molar-refractivity contribution < 1.29 is 17.6 Å². The minimum atomic E-state index is -1.04. The first-order valence-electron chi connectivity index (χ1n) is 5.12. The molecule has 0 spiro atoms. The molecule has 0 aliphatic carbocycles. The van der Waals surface area contributed by atoms with Gasteiger partial charge in [0, 0.05) is 6.07 Å². The number of nitrogens with zero attached hydrogens (tertiary/aromatic N) is 1. The molecule has 0 aromatic heterocycles. The highest BCUT2D eigenvalue weighted by atomic mass is 19.1. The quantitative estimate of drug-likeness (QED) is 0.838. The molecular weight excluding hydrogens is 260 g/mol. The predicted octanol–water partition coefficient (Wildman–Crippen LogP) is 3.86. The van der Waals surface area contributed by atoms with E-state index in [0.29, 0.717) is 6.07 Å². The zero-order valence-electron chi connectivity index (χ0n) is 9.35. The monoisotopic (exact) mass is 266 g/mol. The van der Waals surface area contributed by atoms with E-state index in [-0.39, 0.29) is 11.3 Å². The van der Waals surface area contributed by atoms with Crippen LogP contribution in [0.3, 0.4) is 0 Å². The number of nitriles is 1. The summed E-state index contributed by atoms with van der Waals surface area (Å²) in [5.74, 6) is -3.87. The Bertz CT molecular complexity index is 654. The van der Waals surface area contributed by atoms with Gasteiger partial charge in [-0.3, -0.25) is 0 Å². The van der Waals surface area contributed by atoms with Crippen molar-refractivity contribution in [2.24, 2.45) is 0 Å². The summed E-state index contributed by atoms with van der Waals surface area (Å²) in [4.78, 5) is 0. The number of anilines is 2. The van der Waals surface area contributed by atoms with Gasteiger partial charge in [0.25, 0.3) is 0 Å². The van der Waals surface area contributed by atoms with Gasteiger partial charge in [0.05, 0.1) is 17.3 Å². The average Bonchev–Trinajstić information content (AvgIpc) is 2.35. The van der Waals surface area contributed by atoms with Crippen molar-refractivity contribution in [3.8, 4) is 6.07 Å². The largest absolute Gasteiger partial charge is 0.348 e. The Labute approximate surface area is 105 Å². The molecule has 96 valence electrons. The smallest absolute Gasteiger partial charge is 0.150 e. The van der Waals surface area contributed by atoms with Crippen molar-refractivity contribution in [3.63, 3.8) is 0 Å². The molecule has 0 aliphatic heterocycles. The summed E-state index contributed by atoms with van der Waals surface area (Å²) >= 11 is 0. The fourth-order valence-corrected chi connectivity index (χ4v) is 1.48. The molecule has 0 saturated heterocycles. The van der Waals surface area contributed by atoms with Crippen molar-refractivity contribution in [1.82, 2.24) is 0 Å². The van der Waals surface area contributed by atoms with E-state index in [1.165, 1.54) is 0 Å². The van der Waals surface area contributed by atoms with Crippen LogP contribution in [0, 0.1) is 34.6 Å². The molecule has 0 saturated carbocycles. The van der Waals surface area contributed by atoms with Gasteiger partial charge in [0.1, 0.15) is 17.3 Å². The van der Waals surface area contributed by atoms with Crippen molar-refractivity contribution in [1.29, 1.82) is 5.26 Å². The Balaban J connectivity index is 2.41. The summed E-state index contributed by atoms with van der Waals surface area (Å²) in [7, 11) is 0. The minimum absolute atomic E-state index is 0.194. The van der Waals surface area contributed by atoms with E-state index in [4.69, 9.17) is 5.26 Å². The van der Waals surface area contributed by atoms with Crippen LogP contribution in [0.15, 0.2) is 30.3 Å². The van der Waals surface area contributed by atoms with Gasteiger partial charge < -0.3 is 5.32 Å². The van der Waals surface area contributed by atoms with Gasteiger partial charge in [0.15, 0.2) is 11.6 Å². The van der Waals surface area contributed by atoms with E-state index in [0.717, 1.165) is 24.3 Å². The zero-order chi connectivity index (χ0) is 14.0. The molecule has 0 bridgehead atoms. The second-order valence-corrected chi connectivity index (χ2v) is 3.68. The summed E-state index contributed by atoms with van der Waals surface area (Å²) in [6, 6.07) is 5.76. The fraction of sp³-hybridized carbons (Fsp3) is 0. The number of benzene rings is 2. The van der Waals surface area contributed by atoms with Crippen LogP contribution in [-0.2, 0) is 0 Å². The number of halogens is 4. The fourth-order valence-electron chi connectivity index (χ4n) is 1.48. The maximum Gasteiger partial charge on any atom is 0.150 e. The van der Waals surface area contributed by atoms with Crippen molar-refractivity contribution in [2.45, 2.75) is 0 Å². The van der Waals surface area contributed by atoms with Gasteiger partial charge >= 0.3 is 0 Å². The van der Waals surface area contributed by atoms with E-state index in [1.54, 1.807) is 6.07 Å². The summed E-state index contributed by atoms with van der Waals surface area (Å²) in [6.07, 6.45) is 0.